The van der Waals surface area contributed by atoms with E-state index in [1.54, 1.807) is 13.0 Å². The van der Waals surface area contributed by atoms with Gasteiger partial charge in [-0.1, -0.05) is 0 Å². The predicted molar refractivity (Wildman–Crippen MR) is 66.3 cm³/mol. The van der Waals surface area contributed by atoms with Crippen LogP contribution in [0.5, 0.6) is 0 Å². The Kier molecular flexibility index (Phi) is 3.69. The van der Waals surface area contributed by atoms with E-state index in [4.69, 9.17) is 0 Å². The van der Waals surface area contributed by atoms with Crippen molar-refractivity contribution in [2.45, 2.75) is 38.3 Å². The molecule has 1 saturated carbocycles. The molecule has 0 bridgehead atoms. The predicted octanol–water partition coefficient (Wildman–Crippen LogP) is 1.50. The molecule has 0 saturated heterocycles. The minimum absolute atomic E-state index is 0.232. The highest BCUT2D eigenvalue weighted by molar-refractivity contribution is 5.95. The molecule has 1 atom stereocenters. The van der Waals surface area contributed by atoms with Gasteiger partial charge in [0, 0.05) is 12.2 Å². The molecule has 1 aliphatic rings. The fourth-order valence-corrected chi connectivity index (χ4v) is 2.08. The first-order valence-corrected chi connectivity index (χ1v) is 6.19. The molecule has 1 heterocycles. The van der Waals surface area contributed by atoms with Gasteiger partial charge in [0.1, 0.15) is 11.7 Å². The summed E-state index contributed by atoms with van der Waals surface area (Å²) in [5.41, 5.74) is 0.607. The zero-order valence-corrected chi connectivity index (χ0v) is 10.7. The van der Waals surface area contributed by atoms with Crippen molar-refractivity contribution in [3.05, 3.63) is 24.0 Å². The quantitative estimate of drug-likeness (QED) is 0.824. The third-order valence-electron chi connectivity index (χ3n) is 3.38. The van der Waals surface area contributed by atoms with Crippen LogP contribution in [0.2, 0.25) is 0 Å². The van der Waals surface area contributed by atoms with Gasteiger partial charge >= 0.3 is 5.97 Å². The number of rotatable bonds is 4. The van der Waals surface area contributed by atoms with E-state index in [-0.39, 0.29) is 5.91 Å². The highest BCUT2D eigenvalue weighted by Crippen LogP contribution is 2.32. The summed E-state index contributed by atoms with van der Waals surface area (Å²) in [4.78, 5) is 23.3. The molecular formula is C13H18N2O3. The minimum atomic E-state index is -0.632. The van der Waals surface area contributed by atoms with Crippen molar-refractivity contribution in [1.29, 1.82) is 0 Å². The number of aromatic nitrogens is 1. The van der Waals surface area contributed by atoms with E-state index in [1.165, 1.54) is 13.5 Å². The monoisotopic (exact) mass is 250 g/mol. The second kappa shape index (κ2) is 5.25. The van der Waals surface area contributed by atoms with Gasteiger partial charge < -0.3 is 14.6 Å². The third kappa shape index (κ3) is 2.39. The number of carbonyl (C=O) groups is 2. The summed E-state index contributed by atoms with van der Waals surface area (Å²) in [5.74, 6) is -0.671. The van der Waals surface area contributed by atoms with Crippen LogP contribution in [0, 0.1) is 0 Å². The van der Waals surface area contributed by atoms with E-state index in [0.717, 1.165) is 12.8 Å². The van der Waals surface area contributed by atoms with Crippen LogP contribution >= 0.6 is 0 Å². The maximum atomic E-state index is 12.1. The first kappa shape index (κ1) is 12.7. The van der Waals surface area contributed by atoms with Gasteiger partial charge in [-0.25, -0.2) is 4.79 Å². The van der Waals surface area contributed by atoms with Crippen LogP contribution in [0.4, 0.5) is 0 Å². The Balaban J connectivity index is 2.04. The van der Waals surface area contributed by atoms with Crippen molar-refractivity contribution in [1.82, 2.24) is 9.88 Å². The molecule has 1 aromatic heterocycles. The topological polar surface area (TPSA) is 60.3 Å². The van der Waals surface area contributed by atoms with E-state index in [1.807, 2.05) is 16.8 Å². The largest absolute Gasteiger partial charge is 0.467 e. The van der Waals surface area contributed by atoms with Crippen molar-refractivity contribution in [3.63, 3.8) is 0 Å². The number of nitrogens with zero attached hydrogens (tertiary/aromatic N) is 1. The first-order chi connectivity index (χ1) is 8.63. The second-order valence-corrected chi connectivity index (χ2v) is 4.60. The fourth-order valence-electron chi connectivity index (χ4n) is 2.08. The molecule has 98 valence electrons. The average Bonchev–Trinajstić information content (AvgIpc) is 2.74. The highest BCUT2D eigenvalue weighted by Gasteiger charge is 2.24. The molecule has 0 aliphatic heterocycles. The lowest BCUT2D eigenvalue weighted by Gasteiger charge is -2.28. The Hall–Kier alpha value is -1.78. The molecule has 1 unspecified atom stereocenters. The number of hydrogen-bond acceptors (Lipinski definition) is 3. The molecule has 0 aromatic carbocycles. The zero-order valence-electron chi connectivity index (χ0n) is 10.7. The normalized spacial score (nSPS) is 16.8. The number of amides is 1. The molecule has 5 heteroatoms. The van der Waals surface area contributed by atoms with Crippen LogP contribution in [-0.2, 0) is 9.53 Å². The standard InChI is InChI=1S/C13H18N2O3/c1-9(13(17)18-2)14-12(16)11-7-4-8-15(11)10-5-3-6-10/h4,7-10H,3,5-6H2,1-2H3,(H,14,16). The second-order valence-electron chi connectivity index (χ2n) is 4.60. The van der Waals surface area contributed by atoms with Gasteiger partial charge in [0.25, 0.3) is 5.91 Å². The lowest BCUT2D eigenvalue weighted by Crippen LogP contribution is -2.40. The molecule has 1 N–H and O–H groups in total. The zero-order chi connectivity index (χ0) is 13.1. The highest BCUT2D eigenvalue weighted by atomic mass is 16.5. The Bertz CT molecular complexity index is 449. The minimum Gasteiger partial charge on any atom is -0.467 e. The van der Waals surface area contributed by atoms with Crippen LogP contribution < -0.4 is 5.32 Å². The van der Waals surface area contributed by atoms with Gasteiger partial charge in [-0.15, -0.1) is 0 Å². The smallest absolute Gasteiger partial charge is 0.328 e. The summed E-state index contributed by atoms with van der Waals surface area (Å²) in [6, 6.07) is 3.43. The summed E-state index contributed by atoms with van der Waals surface area (Å²) in [6.07, 6.45) is 5.35. The van der Waals surface area contributed by atoms with E-state index < -0.39 is 12.0 Å². The van der Waals surface area contributed by atoms with Gasteiger partial charge in [-0.3, -0.25) is 4.79 Å². The van der Waals surface area contributed by atoms with Crippen LogP contribution in [0.25, 0.3) is 0 Å². The van der Waals surface area contributed by atoms with Gasteiger partial charge in [0.05, 0.1) is 7.11 Å². The van der Waals surface area contributed by atoms with Crippen LogP contribution in [0.1, 0.15) is 42.7 Å². The fraction of sp³-hybridized carbons (Fsp3) is 0.538. The third-order valence-corrected chi connectivity index (χ3v) is 3.38. The number of esters is 1. The molecule has 1 aromatic rings. The summed E-state index contributed by atoms with van der Waals surface area (Å²) in [6.45, 7) is 1.61. The van der Waals surface area contributed by atoms with Gasteiger partial charge in [0.2, 0.25) is 0 Å². The first-order valence-electron chi connectivity index (χ1n) is 6.19. The number of hydrogen-bond donors (Lipinski definition) is 1. The Morgan fingerprint density at radius 1 is 1.50 bits per heavy atom. The number of carbonyl (C=O) groups excluding carboxylic acids is 2. The van der Waals surface area contributed by atoms with Crippen LogP contribution in [0.3, 0.4) is 0 Å². The van der Waals surface area contributed by atoms with E-state index in [0.29, 0.717) is 11.7 Å². The van der Waals surface area contributed by atoms with Gasteiger partial charge in [-0.05, 0) is 38.3 Å². The summed E-state index contributed by atoms with van der Waals surface area (Å²) < 4.78 is 6.57. The SMILES string of the molecule is COC(=O)C(C)NC(=O)c1cccn1C1CCC1. The molecular weight excluding hydrogens is 232 g/mol. The Labute approximate surface area is 106 Å². The molecule has 1 amide bonds. The molecule has 2 rings (SSSR count). The van der Waals surface area contributed by atoms with E-state index in [9.17, 15) is 9.59 Å². The van der Waals surface area contributed by atoms with E-state index in [2.05, 4.69) is 10.1 Å². The molecule has 5 nitrogen and oxygen atoms in total. The van der Waals surface area contributed by atoms with Crippen molar-refractivity contribution in [2.24, 2.45) is 0 Å². The molecule has 1 fully saturated rings. The number of methoxy groups -OCH3 is 1. The maximum absolute atomic E-state index is 12.1. The maximum Gasteiger partial charge on any atom is 0.328 e. The lowest BCUT2D eigenvalue weighted by molar-refractivity contribution is -0.142. The molecule has 1 aliphatic carbocycles. The van der Waals surface area contributed by atoms with Crippen molar-refractivity contribution >= 4 is 11.9 Å². The molecule has 0 radical (unpaired) electrons. The Morgan fingerprint density at radius 2 is 2.22 bits per heavy atom. The van der Waals surface area contributed by atoms with E-state index >= 15 is 0 Å². The van der Waals surface area contributed by atoms with Crippen LogP contribution in [-0.4, -0.2) is 29.6 Å². The van der Waals surface area contributed by atoms with Gasteiger partial charge in [0.15, 0.2) is 0 Å². The molecule has 18 heavy (non-hydrogen) atoms. The van der Waals surface area contributed by atoms with Crippen molar-refractivity contribution in [2.75, 3.05) is 7.11 Å². The molecule has 0 spiro atoms. The average molecular weight is 250 g/mol. The summed E-state index contributed by atoms with van der Waals surface area (Å²) >= 11 is 0. The summed E-state index contributed by atoms with van der Waals surface area (Å²) in [7, 11) is 1.31. The summed E-state index contributed by atoms with van der Waals surface area (Å²) in [5, 5.41) is 2.64. The number of ether oxygens (including phenoxy) is 1. The van der Waals surface area contributed by atoms with Gasteiger partial charge in [-0.2, -0.15) is 0 Å². The number of nitrogens with one attached hydrogen (secondary N) is 1. The lowest BCUT2D eigenvalue weighted by atomic mass is 9.93. The Morgan fingerprint density at radius 3 is 2.78 bits per heavy atom. The van der Waals surface area contributed by atoms with Crippen LogP contribution in [0.15, 0.2) is 18.3 Å². The van der Waals surface area contributed by atoms with Crippen molar-refractivity contribution < 1.29 is 14.3 Å². The van der Waals surface area contributed by atoms with Crippen molar-refractivity contribution in [3.8, 4) is 0 Å².